The van der Waals surface area contributed by atoms with E-state index in [9.17, 15) is 13.2 Å². The Morgan fingerprint density at radius 2 is 1.76 bits per heavy atom. The number of anilines is 1. The van der Waals surface area contributed by atoms with Crippen LogP contribution >= 0.6 is 0 Å². The molecular formula is C33H40N4O4S. The number of carbonyl (C=O) groups excluding carboxylic acids is 1. The lowest BCUT2D eigenvalue weighted by atomic mass is 9.75. The number of aryl methyl sites for hydroxylation is 2. The Morgan fingerprint density at radius 1 is 1.07 bits per heavy atom. The lowest BCUT2D eigenvalue weighted by Gasteiger charge is -2.47. The first kappa shape index (κ1) is 28.6. The van der Waals surface area contributed by atoms with Gasteiger partial charge in [0.2, 0.25) is 11.8 Å². The normalized spacial score (nSPS) is 21.0. The second kappa shape index (κ2) is 10.7. The van der Waals surface area contributed by atoms with Crippen LogP contribution in [0.3, 0.4) is 0 Å². The number of ether oxygens (including phenoxy) is 1. The summed E-state index contributed by atoms with van der Waals surface area (Å²) in [5, 5.41) is 0. The van der Waals surface area contributed by atoms with Gasteiger partial charge in [-0.25, -0.2) is 18.1 Å². The average molecular weight is 589 g/mol. The monoisotopic (exact) mass is 588 g/mol. The van der Waals surface area contributed by atoms with Crippen molar-refractivity contribution < 1.29 is 17.9 Å². The van der Waals surface area contributed by atoms with E-state index in [4.69, 9.17) is 9.72 Å². The first-order valence-corrected chi connectivity index (χ1v) is 16.5. The van der Waals surface area contributed by atoms with Gasteiger partial charge in [0, 0.05) is 22.7 Å². The van der Waals surface area contributed by atoms with Crippen molar-refractivity contribution in [2.24, 2.45) is 11.3 Å². The summed E-state index contributed by atoms with van der Waals surface area (Å²) in [5.41, 5.74) is 5.22. The molecule has 222 valence electrons. The van der Waals surface area contributed by atoms with Crippen molar-refractivity contribution in [1.29, 1.82) is 0 Å². The van der Waals surface area contributed by atoms with E-state index in [-0.39, 0.29) is 35.4 Å². The third-order valence-electron chi connectivity index (χ3n) is 9.13. The molecule has 6 rings (SSSR count). The van der Waals surface area contributed by atoms with Gasteiger partial charge in [0.1, 0.15) is 6.61 Å². The van der Waals surface area contributed by atoms with Crippen LogP contribution in [0.15, 0.2) is 47.4 Å². The summed E-state index contributed by atoms with van der Waals surface area (Å²) < 4.78 is 36.4. The van der Waals surface area contributed by atoms with Crippen LogP contribution in [0, 0.1) is 25.2 Å². The highest BCUT2D eigenvalue weighted by Crippen LogP contribution is 2.62. The minimum absolute atomic E-state index is 0.000474. The molecule has 1 amide bonds. The van der Waals surface area contributed by atoms with Gasteiger partial charge in [-0.3, -0.25) is 4.79 Å². The van der Waals surface area contributed by atoms with Crippen LogP contribution in [-0.2, 0) is 16.4 Å². The van der Waals surface area contributed by atoms with Crippen molar-refractivity contribution in [3.63, 3.8) is 0 Å². The summed E-state index contributed by atoms with van der Waals surface area (Å²) in [4.78, 5) is 25.6. The van der Waals surface area contributed by atoms with E-state index in [0.29, 0.717) is 34.9 Å². The van der Waals surface area contributed by atoms with Crippen molar-refractivity contribution in [3.8, 4) is 17.1 Å². The molecule has 1 aromatic heterocycles. The van der Waals surface area contributed by atoms with Gasteiger partial charge in [-0.15, -0.1) is 0 Å². The minimum atomic E-state index is -4.09. The zero-order valence-corrected chi connectivity index (χ0v) is 25.9. The van der Waals surface area contributed by atoms with E-state index in [0.717, 1.165) is 41.5 Å². The smallest absolute Gasteiger partial charge is 0.264 e. The molecule has 2 aliphatic carbocycles. The highest BCUT2D eigenvalue weighted by atomic mass is 32.2. The molecule has 42 heavy (non-hydrogen) atoms. The van der Waals surface area contributed by atoms with Crippen molar-refractivity contribution in [2.45, 2.75) is 90.1 Å². The Bertz CT molecular complexity index is 1620. The Labute approximate surface area is 249 Å². The number of nitrogens with zero attached hydrogens (tertiary/aromatic N) is 3. The predicted molar refractivity (Wildman–Crippen MR) is 163 cm³/mol. The van der Waals surface area contributed by atoms with Crippen LogP contribution in [0.4, 0.5) is 5.95 Å². The zero-order chi connectivity index (χ0) is 29.8. The van der Waals surface area contributed by atoms with E-state index in [1.165, 1.54) is 25.0 Å². The Balaban J connectivity index is 1.53. The first-order chi connectivity index (χ1) is 20.0. The molecule has 2 heterocycles. The van der Waals surface area contributed by atoms with Gasteiger partial charge in [-0.1, -0.05) is 45.0 Å². The number of aromatic nitrogens is 2. The molecule has 1 spiro atoms. The van der Waals surface area contributed by atoms with Gasteiger partial charge in [0.25, 0.3) is 15.9 Å². The Kier molecular flexibility index (Phi) is 7.28. The zero-order valence-electron chi connectivity index (χ0n) is 25.1. The number of nitrogens with one attached hydrogen (secondary N) is 1. The fourth-order valence-electron chi connectivity index (χ4n) is 6.80. The quantitative estimate of drug-likeness (QED) is 0.375. The molecule has 2 fully saturated rings. The number of hydrogen-bond acceptors (Lipinski definition) is 6. The van der Waals surface area contributed by atoms with E-state index in [1.54, 1.807) is 12.1 Å². The molecule has 2 saturated carbocycles. The molecule has 1 atom stereocenters. The third kappa shape index (κ3) is 5.27. The number of benzene rings is 2. The predicted octanol–water partition coefficient (Wildman–Crippen LogP) is 6.32. The number of carbonyl (C=O) groups is 1. The van der Waals surface area contributed by atoms with Crippen LogP contribution in [0.1, 0.15) is 79.9 Å². The largest absolute Gasteiger partial charge is 0.475 e. The Hall–Kier alpha value is -3.46. The maximum absolute atomic E-state index is 14.2. The summed E-state index contributed by atoms with van der Waals surface area (Å²) in [7, 11) is -4.09. The van der Waals surface area contributed by atoms with Crippen LogP contribution in [0.2, 0.25) is 0 Å². The van der Waals surface area contributed by atoms with Gasteiger partial charge in [-0.05, 0) is 93.0 Å². The van der Waals surface area contributed by atoms with Gasteiger partial charge < -0.3 is 9.64 Å². The molecule has 9 heteroatoms. The summed E-state index contributed by atoms with van der Waals surface area (Å²) in [6.45, 7) is 10.6. The summed E-state index contributed by atoms with van der Waals surface area (Å²) in [5.74, 6) is 0.473. The molecule has 4 bridgehead atoms. The second-order valence-electron chi connectivity index (χ2n) is 12.8. The van der Waals surface area contributed by atoms with Crippen molar-refractivity contribution in [2.75, 3.05) is 11.3 Å². The molecule has 2 aromatic carbocycles. The minimum Gasteiger partial charge on any atom is -0.475 e. The summed E-state index contributed by atoms with van der Waals surface area (Å²) >= 11 is 0. The van der Waals surface area contributed by atoms with Crippen molar-refractivity contribution in [1.82, 2.24) is 14.9 Å². The molecule has 8 nitrogen and oxygen atoms in total. The van der Waals surface area contributed by atoms with Crippen molar-refractivity contribution in [3.05, 3.63) is 64.7 Å². The topological polar surface area (TPSA) is 101 Å². The number of sulfonamides is 1. The highest BCUT2D eigenvalue weighted by molar-refractivity contribution is 7.92. The number of hydrogen-bond donors (Lipinski definition) is 1. The van der Waals surface area contributed by atoms with Gasteiger partial charge in [0.05, 0.1) is 16.6 Å². The van der Waals surface area contributed by atoms with Crippen LogP contribution in [0.5, 0.6) is 5.88 Å². The molecule has 3 aromatic rings. The van der Waals surface area contributed by atoms with Crippen LogP contribution in [-0.4, -0.2) is 47.9 Å². The molecule has 0 unspecified atom stereocenters. The molecular weight excluding hydrogens is 548 g/mol. The standard InChI is InChI=1S/C33H40N4O4S/c1-6-27-29(28-21(4)9-7-10-22(28)5)34-32-35-30(27)41-19-24(15-20(2)3)37(25-17-33(18-25)13-14-33)31(38)23-11-8-12-26(16-23)42(39,40)36-32/h7-12,16,20,24-25H,6,13-15,17-19H2,1-5H3,(H,34,35,36)/t24-/m1/s1. The molecule has 3 aliphatic rings. The van der Waals surface area contributed by atoms with E-state index < -0.39 is 10.0 Å². The maximum atomic E-state index is 14.2. The lowest BCUT2D eigenvalue weighted by molar-refractivity contribution is 0.00911. The third-order valence-corrected chi connectivity index (χ3v) is 10.5. The van der Waals surface area contributed by atoms with Gasteiger partial charge in [0.15, 0.2) is 0 Å². The second-order valence-corrected chi connectivity index (χ2v) is 14.5. The van der Waals surface area contributed by atoms with E-state index in [2.05, 4.69) is 23.6 Å². The fourth-order valence-corrected chi connectivity index (χ4v) is 7.79. The molecule has 1 aliphatic heterocycles. The summed E-state index contributed by atoms with van der Waals surface area (Å²) in [6, 6.07) is 12.3. The molecule has 0 radical (unpaired) electrons. The molecule has 1 N–H and O–H groups in total. The van der Waals surface area contributed by atoms with Gasteiger partial charge in [-0.2, -0.15) is 4.98 Å². The van der Waals surface area contributed by atoms with Gasteiger partial charge >= 0.3 is 0 Å². The number of fused-ring (bicyclic) bond motifs is 4. The maximum Gasteiger partial charge on any atom is 0.264 e. The Morgan fingerprint density at radius 3 is 2.40 bits per heavy atom. The average Bonchev–Trinajstić information content (AvgIpc) is 3.72. The number of rotatable bonds is 5. The van der Waals surface area contributed by atoms with Crippen LogP contribution < -0.4 is 9.46 Å². The SMILES string of the molecule is CCc1c2nc(nc1-c1c(C)cccc1C)NS(=O)(=O)c1cccc(c1)C(=O)N(C1CC3(CC3)C1)[C@H](CC(C)C)CO2. The number of amides is 1. The molecule has 0 saturated heterocycles. The van der Waals surface area contributed by atoms with E-state index in [1.807, 2.05) is 43.9 Å². The summed E-state index contributed by atoms with van der Waals surface area (Å²) in [6.07, 6.45) is 5.77. The lowest BCUT2D eigenvalue weighted by Crippen LogP contribution is -2.55. The van der Waals surface area contributed by atoms with Crippen LogP contribution in [0.25, 0.3) is 11.3 Å². The highest BCUT2D eigenvalue weighted by Gasteiger charge is 2.56. The first-order valence-electron chi connectivity index (χ1n) is 15.1. The fraction of sp³-hybridized carbons (Fsp3) is 0.485. The van der Waals surface area contributed by atoms with E-state index >= 15 is 0 Å². The van der Waals surface area contributed by atoms with Crippen molar-refractivity contribution >= 4 is 21.9 Å².